The van der Waals surface area contributed by atoms with Crippen LogP contribution in [0.1, 0.15) is 43.5 Å². The van der Waals surface area contributed by atoms with Crippen LogP contribution in [-0.4, -0.2) is 217 Å². The van der Waals surface area contributed by atoms with E-state index >= 15 is 0 Å². The second kappa shape index (κ2) is 25.4. The lowest BCUT2D eigenvalue weighted by Gasteiger charge is -2.50. The Labute approximate surface area is 434 Å². The van der Waals surface area contributed by atoms with Crippen LogP contribution in [0.25, 0.3) is 0 Å². The summed E-state index contributed by atoms with van der Waals surface area (Å²) in [6.45, 7) is -4.00. The average molecular weight is 1220 g/mol. The maximum absolute atomic E-state index is 12.7. The van der Waals surface area contributed by atoms with Gasteiger partial charge in [-0.05, 0) is 44.4 Å². The molecule has 0 amide bonds. The van der Waals surface area contributed by atoms with Gasteiger partial charge in [0.15, 0.2) is 18.9 Å². The van der Waals surface area contributed by atoms with E-state index in [1.807, 2.05) is 0 Å². The fourth-order valence-electron chi connectivity index (χ4n) is 8.07. The Morgan fingerprint density at radius 3 is 1.82 bits per heavy atom. The van der Waals surface area contributed by atoms with Gasteiger partial charge in [0.1, 0.15) is 30.1 Å². The van der Waals surface area contributed by atoms with Crippen LogP contribution >= 0.6 is 0 Å². The van der Waals surface area contributed by atoms with E-state index in [0.29, 0.717) is 29.4 Å². The van der Waals surface area contributed by atoms with Gasteiger partial charge in [-0.3, -0.25) is 53.7 Å². The molecule has 3 fully saturated rings. The van der Waals surface area contributed by atoms with E-state index in [4.69, 9.17) is 41.3 Å². The van der Waals surface area contributed by atoms with Crippen molar-refractivity contribution < 1.29 is 132 Å². The third-order valence-electron chi connectivity index (χ3n) is 11.1. The second-order valence-electron chi connectivity index (χ2n) is 16.8. The summed E-state index contributed by atoms with van der Waals surface area (Å²) < 4.78 is 262. The van der Waals surface area contributed by atoms with Crippen molar-refractivity contribution in [2.24, 2.45) is 7.05 Å². The topological polar surface area (TPSA) is 513 Å². The van der Waals surface area contributed by atoms with Crippen LogP contribution < -0.4 is 0 Å². The van der Waals surface area contributed by atoms with Gasteiger partial charge in [-0.1, -0.05) is 10.4 Å². The molecular formula is C33H51N7O30S6-2. The molecule has 12 atom stereocenters. The molecule has 6 rings (SSSR count). The number of rotatable bonds is 27. The number of aliphatic hydroxyl groups excluding tert-OH is 1. The Balaban J connectivity index is 1.18. The minimum absolute atomic E-state index is 0.0578. The van der Waals surface area contributed by atoms with Crippen LogP contribution in [0.3, 0.4) is 0 Å². The molecular weight excluding hydrogens is 1170 g/mol. The zero-order valence-corrected chi connectivity index (χ0v) is 43.8. The van der Waals surface area contributed by atoms with Crippen LogP contribution in [0.2, 0.25) is 0 Å². The summed E-state index contributed by atoms with van der Waals surface area (Å²) in [5, 5.41) is 26.4. The van der Waals surface area contributed by atoms with Gasteiger partial charge in [-0.2, -0.15) is 54.8 Å². The molecule has 0 aromatic carbocycles. The zero-order chi connectivity index (χ0) is 56.0. The smallest absolute Gasteiger partial charge is 0.397 e. The summed E-state index contributed by atoms with van der Waals surface area (Å²) in [6, 6.07) is -2.92. The molecule has 4 aliphatic rings. The minimum Gasteiger partial charge on any atom is -0.408 e. The maximum atomic E-state index is 12.7. The maximum Gasteiger partial charge on any atom is 0.397 e. The zero-order valence-electron chi connectivity index (χ0n) is 38.9. The molecule has 37 nitrogen and oxygen atoms in total. The van der Waals surface area contributed by atoms with Gasteiger partial charge in [0, 0.05) is 38.7 Å². The number of aryl methyl sites for hydroxylation is 3. The Bertz CT molecular complexity index is 2990. The molecule has 5 heterocycles. The summed E-state index contributed by atoms with van der Waals surface area (Å²) in [5.74, 6) is 0. The van der Waals surface area contributed by atoms with Gasteiger partial charge in [-0.15, -0.1) is 10.2 Å². The molecule has 1 aliphatic carbocycles. The van der Waals surface area contributed by atoms with Gasteiger partial charge in [-0.25, -0.2) is 16.7 Å². The van der Waals surface area contributed by atoms with E-state index < -0.39 is 182 Å². The monoisotopic (exact) mass is 1220 g/mol. The summed E-state index contributed by atoms with van der Waals surface area (Å²) in [5.41, 5.74) is 0.782. The van der Waals surface area contributed by atoms with Crippen molar-refractivity contribution in [3.05, 3.63) is 48.3 Å². The van der Waals surface area contributed by atoms with Crippen molar-refractivity contribution in [2.45, 2.75) is 125 Å². The Hall–Kier alpha value is -3.30. The highest BCUT2D eigenvalue weighted by Gasteiger charge is 2.49. The number of hydrogen-bond acceptors (Lipinski definition) is 28. The normalized spacial score (nSPS) is 29.4. The number of ether oxygens (including phenoxy) is 6. The molecule has 0 spiro atoms. The van der Waals surface area contributed by atoms with Gasteiger partial charge >= 0.3 is 62.3 Å². The molecule has 436 valence electrons. The quantitative estimate of drug-likeness (QED) is 0.0332. The van der Waals surface area contributed by atoms with Crippen LogP contribution in [-0.2, 0) is 138 Å². The predicted octanol–water partition coefficient (Wildman–Crippen LogP) is -3.92. The fraction of sp³-hybridized carbons (Fsp3) is 0.758. The fourth-order valence-corrected chi connectivity index (χ4v) is 11.0. The highest BCUT2D eigenvalue weighted by Crippen LogP contribution is 2.36. The molecule has 43 heteroatoms. The van der Waals surface area contributed by atoms with Crippen molar-refractivity contribution in [1.82, 2.24) is 34.3 Å². The largest absolute Gasteiger partial charge is 0.408 e. The summed E-state index contributed by atoms with van der Waals surface area (Å²) in [7, 11) is -30.0. The SMILES string of the molecule is Cn1cc(CCCn2cc(CO[C@@H]3OC(COS(=O)(=O)O)[C@@H](O[C@H]4OC(COS(=O)(=O)O)[C@@H](O[C@@H]5CC[C@H](N([C@H]6[CH-]C(COS(=O)(=O)O)=C[CH-][C@H]6O)S(=O)(=O)O)CO5)CC4OS(=O)(=O)O)CC3OS(=O)(=O)O)nn2)nn1. The molecule has 3 saturated heterocycles. The van der Waals surface area contributed by atoms with Crippen molar-refractivity contribution in [1.29, 1.82) is 0 Å². The molecule has 3 aliphatic heterocycles. The molecule has 0 radical (unpaired) electrons. The lowest BCUT2D eigenvalue weighted by Crippen LogP contribution is -2.58. The predicted molar refractivity (Wildman–Crippen MR) is 238 cm³/mol. The van der Waals surface area contributed by atoms with E-state index in [1.165, 1.54) is 15.6 Å². The van der Waals surface area contributed by atoms with E-state index in [0.717, 1.165) is 18.9 Å². The summed E-state index contributed by atoms with van der Waals surface area (Å²) in [6.07, 6.45) is -13.2. The molecule has 4 unspecified atom stereocenters. The number of aliphatic hydroxyl groups is 1. The first-order valence-electron chi connectivity index (χ1n) is 21.7. The Kier molecular flexibility index (Phi) is 20.7. The first-order valence-corrected chi connectivity index (χ1v) is 30.0. The van der Waals surface area contributed by atoms with Crippen molar-refractivity contribution in [3.63, 3.8) is 0 Å². The summed E-state index contributed by atoms with van der Waals surface area (Å²) >= 11 is 0. The summed E-state index contributed by atoms with van der Waals surface area (Å²) in [4.78, 5) is 0. The van der Waals surface area contributed by atoms with E-state index in [-0.39, 0.29) is 24.1 Å². The van der Waals surface area contributed by atoms with Crippen LogP contribution in [0.5, 0.6) is 0 Å². The standard InChI is InChI=1S/C33H51N7O30S6/c1-38-12-20(34-36-38)3-2-8-39-13-21(35-37-39)15-61-32-27(69-75(54,55)56)11-26(30(67-32)18-64-74(51,52)53)66-33-28(70-76(57,58)59)10-25(29(68-33)17-63-73(48,49)50)65-31-7-5-22(16-60-31)40(71(42,43)44)23-9-19(4-6-24(23)41)14-62-72(45,46)47/h4,6,9,12-13,22-33,41H,2-3,5,7-8,10-11,14-18H2,1H3,(H,42,43,44)(H,45,46,47)(H,48,49,50)(H,51,52,53)(H,54,55,56)(H,57,58,59)/q-2/t22-,23-,24+,25-,26-,27?,28?,29?,30?,31+,32+,33-/m0/s1. The van der Waals surface area contributed by atoms with Gasteiger partial charge in [0.2, 0.25) is 0 Å². The second-order valence-corrected chi connectivity index (χ2v) is 23.5. The number of aromatic nitrogens is 6. The molecule has 2 aromatic rings. The highest BCUT2D eigenvalue weighted by atomic mass is 32.3. The highest BCUT2D eigenvalue weighted by molar-refractivity contribution is 7.83. The van der Waals surface area contributed by atoms with Gasteiger partial charge in [0.25, 0.3) is 0 Å². The third kappa shape index (κ3) is 20.1. The van der Waals surface area contributed by atoms with Crippen LogP contribution in [0.4, 0.5) is 0 Å². The van der Waals surface area contributed by atoms with Gasteiger partial charge < -0.3 is 45.2 Å². The lowest BCUT2D eigenvalue weighted by atomic mass is 9.91. The molecule has 2 aromatic heterocycles. The molecule has 7 N–H and O–H groups in total. The third-order valence-corrected chi connectivity index (χ3v) is 14.4. The van der Waals surface area contributed by atoms with E-state index in [2.05, 4.69) is 33.2 Å². The van der Waals surface area contributed by atoms with Crippen LogP contribution in [0, 0.1) is 12.8 Å². The van der Waals surface area contributed by atoms with Gasteiger partial charge in [0.05, 0.1) is 50.5 Å². The van der Waals surface area contributed by atoms with Crippen molar-refractivity contribution in [3.8, 4) is 0 Å². The number of hydrogen-bond donors (Lipinski definition) is 7. The molecule has 0 bridgehead atoms. The van der Waals surface area contributed by atoms with Crippen molar-refractivity contribution >= 4 is 62.3 Å². The Morgan fingerprint density at radius 2 is 1.28 bits per heavy atom. The first-order chi connectivity index (χ1) is 35.1. The van der Waals surface area contributed by atoms with Crippen LogP contribution in [0.15, 0.2) is 24.0 Å². The Morgan fingerprint density at radius 1 is 0.697 bits per heavy atom. The molecule has 0 saturated carbocycles. The van der Waals surface area contributed by atoms with E-state index in [9.17, 15) is 78.4 Å². The first kappa shape index (κ1) is 61.9. The minimum atomic E-state index is -5.53. The lowest BCUT2D eigenvalue weighted by molar-refractivity contribution is -0.334. The number of nitrogens with zero attached hydrogens (tertiary/aromatic N) is 7. The van der Waals surface area contributed by atoms with E-state index in [1.54, 1.807) is 13.2 Å². The van der Waals surface area contributed by atoms with Crippen molar-refractivity contribution in [2.75, 3.05) is 26.4 Å². The average Bonchev–Trinajstić information content (AvgIpc) is 3.92. The molecule has 76 heavy (non-hydrogen) atoms.